The predicted octanol–water partition coefficient (Wildman–Crippen LogP) is 5.30. The lowest BCUT2D eigenvalue weighted by molar-refractivity contribution is -0.143. The number of rotatable bonds is 4. The first-order chi connectivity index (χ1) is 16.5. The van der Waals surface area contributed by atoms with Crippen LogP contribution in [0, 0.1) is 34.5 Å². The van der Waals surface area contributed by atoms with Crippen LogP contribution >= 0.6 is 0 Å². The zero-order valence-corrected chi connectivity index (χ0v) is 22.3. The molecule has 0 spiro atoms. The van der Waals surface area contributed by atoms with Crippen LogP contribution in [0.5, 0.6) is 5.75 Å². The summed E-state index contributed by atoms with van der Waals surface area (Å²) >= 11 is 0. The molecular weight excluding hydrogens is 436 g/mol. The van der Waals surface area contributed by atoms with E-state index >= 15 is 0 Å². The molecule has 0 bridgehead atoms. The molecule has 3 fully saturated rings. The molecule has 3 saturated carbocycles. The first-order valence-corrected chi connectivity index (χ1v) is 13.4. The maximum absolute atomic E-state index is 13.8. The van der Waals surface area contributed by atoms with Crippen molar-refractivity contribution in [2.75, 3.05) is 14.2 Å². The minimum atomic E-state index is -0.440. The molecule has 5 heteroatoms. The lowest BCUT2D eigenvalue weighted by Crippen LogP contribution is -2.60. The van der Waals surface area contributed by atoms with Crippen molar-refractivity contribution in [1.29, 1.82) is 0 Å². The number of carbonyl (C=O) groups excluding carboxylic acids is 2. The van der Waals surface area contributed by atoms with E-state index < -0.39 is 5.54 Å². The Balaban J connectivity index is 1.34. The van der Waals surface area contributed by atoms with E-state index in [0.29, 0.717) is 23.8 Å². The third-order valence-electron chi connectivity index (χ3n) is 10.7. The van der Waals surface area contributed by atoms with Gasteiger partial charge in [-0.15, -0.1) is 0 Å². The fourth-order valence-corrected chi connectivity index (χ4v) is 8.64. The van der Waals surface area contributed by atoms with Crippen molar-refractivity contribution in [2.24, 2.45) is 34.5 Å². The van der Waals surface area contributed by atoms with Gasteiger partial charge < -0.3 is 15.0 Å². The summed E-state index contributed by atoms with van der Waals surface area (Å²) in [6, 6.07) is 8.30. The van der Waals surface area contributed by atoms with E-state index in [1.165, 1.54) is 6.42 Å². The zero-order chi connectivity index (χ0) is 25.2. The van der Waals surface area contributed by atoms with E-state index in [0.717, 1.165) is 43.4 Å². The molecule has 2 amide bonds. The maximum Gasteiger partial charge on any atom is 0.246 e. The molecule has 1 aliphatic heterocycles. The van der Waals surface area contributed by atoms with Gasteiger partial charge in [0.25, 0.3) is 0 Å². The predicted molar refractivity (Wildman–Crippen MR) is 138 cm³/mol. The Hall–Kier alpha value is -2.30. The third kappa shape index (κ3) is 3.72. The number of nitrogens with zero attached hydrogens (tertiary/aromatic N) is 1. The molecule has 5 rings (SSSR count). The average molecular weight is 479 g/mol. The second-order valence-electron chi connectivity index (χ2n) is 12.6. The van der Waals surface area contributed by atoms with Gasteiger partial charge >= 0.3 is 0 Å². The van der Waals surface area contributed by atoms with Crippen LogP contribution in [0.3, 0.4) is 0 Å². The molecule has 35 heavy (non-hydrogen) atoms. The highest BCUT2D eigenvalue weighted by atomic mass is 16.5. The average Bonchev–Trinajstić information content (AvgIpc) is 3.19. The van der Waals surface area contributed by atoms with E-state index in [1.54, 1.807) is 13.2 Å². The quantitative estimate of drug-likeness (QED) is 0.639. The number of fused-ring (bicyclic) bond motifs is 5. The van der Waals surface area contributed by atoms with E-state index in [4.69, 9.17) is 4.74 Å². The summed E-state index contributed by atoms with van der Waals surface area (Å²) in [5.74, 6) is 3.03. The number of ether oxygens (including phenoxy) is 1. The van der Waals surface area contributed by atoms with Crippen LogP contribution in [0.15, 0.2) is 36.4 Å². The summed E-state index contributed by atoms with van der Waals surface area (Å²) in [4.78, 5) is 28.1. The Labute approximate surface area is 210 Å². The van der Waals surface area contributed by atoms with Gasteiger partial charge in [-0.1, -0.05) is 32.1 Å². The van der Waals surface area contributed by atoms with Gasteiger partial charge in [0, 0.05) is 24.4 Å². The third-order valence-corrected chi connectivity index (χ3v) is 10.7. The number of methoxy groups -OCH3 is 1. The van der Waals surface area contributed by atoms with Gasteiger partial charge in [0.15, 0.2) is 0 Å². The molecule has 1 aromatic carbocycles. The van der Waals surface area contributed by atoms with Crippen molar-refractivity contribution in [3.63, 3.8) is 0 Å². The summed E-state index contributed by atoms with van der Waals surface area (Å²) in [6.07, 6.45) is 10.6. The number of hydrogen-bond acceptors (Lipinski definition) is 3. The van der Waals surface area contributed by atoms with Crippen LogP contribution < -0.4 is 10.1 Å². The molecule has 3 aliphatic carbocycles. The van der Waals surface area contributed by atoms with Crippen LogP contribution in [0.25, 0.3) is 0 Å². The molecular formula is C30H42N2O3. The maximum atomic E-state index is 13.8. The summed E-state index contributed by atoms with van der Waals surface area (Å²) in [6.45, 7) is 8.96. The van der Waals surface area contributed by atoms with Gasteiger partial charge in [0.2, 0.25) is 11.8 Å². The van der Waals surface area contributed by atoms with Gasteiger partial charge in [0.1, 0.15) is 5.75 Å². The van der Waals surface area contributed by atoms with E-state index in [1.807, 2.05) is 36.2 Å². The van der Waals surface area contributed by atoms with Crippen molar-refractivity contribution >= 4 is 11.8 Å². The highest BCUT2D eigenvalue weighted by Crippen LogP contribution is 2.65. The van der Waals surface area contributed by atoms with Crippen molar-refractivity contribution in [3.8, 4) is 5.75 Å². The number of amides is 2. The smallest absolute Gasteiger partial charge is 0.246 e. The lowest BCUT2D eigenvalue weighted by atomic mass is 9.47. The Morgan fingerprint density at radius 2 is 1.77 bits per heavy atom. The molecule has 4 aliphatic rings. The molecule has 0 saturated heterocycles. The number of nitrogens with one attached hydrogen (secondary N) is 1. The summed E-state index contributed by atoms with van der Waals surface area (Å²) in [7, 11) is 3.64. The number of carbonyl (C=O) groups is 2. The van der Waals surface area contributed by atoms with Crippen molar-refractivity contribution in [3.05, 3.63) is 42.0 Å². The fraction of sp³-hybridized carbons (Fsp3) is 0.667. The van der Waals surface area contributed by atoms with Crippen LogP contribution in [0.2, 0.25) is 0 Å². The van der Waals surface area contributed by atoms with Crippen LogP contribution in [-0.4, -0.2) is 36.9 Å². The summed E-state index contributed by atoms with van der Waals surface area (Å²) < 4.78 is 5.30. The topological polar surface area (TPSA) is 58.6 Å². The van der Waals surface area contributed by atoms with Gasteiger partial charge in [-0.25, -0.2) is 0 Å². The minimum absolute atomic E-state index is 0.0452. The van der Waals surface area contributed by atoms with Gasteiger partial charge in [-0.05, 0) is 99.3 Å². The molecule has 190 valence electrons. The summed E-state index contributed by atoms with van der Waals surface area (Å²) in [5.41, 5.74) is 0.739. The molecule has 7 atom stereocenters. The summed E-state index contributed by atoms with van der Waals surface area (Å²) in [5, 5.41) is 3.41. The molecule has 2 unspecified atom stereocenters. The molecule has 0 aromatic heterocycles. The number of hydrogen-bond donors (Lipinski definition) is 1. The van der Waals surface area contributed by atoms with Gasteiger partial charge in [-0.2, -0.15) is 0 Å². The van der Waals surface area contributed by atoms with E-state index in [9.17, 15) is 9.59 Å². The number of benzene rings is 1. The van der Waals surface area contributed by atoms with Gasteiger partial charge in [-0.3, -0.25) is 9.59 Å². The van der Waals surface area contributed by atoms with E-state index in [2.05, 4.69) is 39.1 Å². The molecule has 1 aromatic rings. The molecule has 0 radical (unpaired) electrons. The monoisotopic (exact) mass is 478 g/mol. The Morgan fingerprint density at radius 3 is 2.46 bits per heavy atom. The standard InChI is InChI=1S/C30H42N2O3/c1-28(2,19-7-9-20(35-6)10-8-19)31-27(34)24-13-12-22-21-11-14-25-30(4,18-16-26(33)32(25)5)23(21)15-17-29(22,24)3/h7-10,16,18,21-25H,11-15,17H2,1-6H3,(H,31,34)/t21-,22-,23+,24?,25?,29-,30+/m0/s1. The molecule has 1 heterocycles. The molecule has 1 N–H and O–H groups in total. The van der Waals surface area contributed by atoms with Gasteiger partial charge in [0.05, 0.1) is 12.6 Å². The first kappa shape index (κ1) is 24.4. The zero-order valence-electron chi connectivity index (χ0n) is 22.3. The Bertz CT molecular complexity index is 1030. The Kier molecular flexibility index (Phi) is 5.84. The van der Waals surface area contributed by atoms with Crippen LogP contribution in [0.1, 0.15) is 71.8 Å². The normalized spacial score (nSPS) is 38.4. The SMILES string of the molecule is COc1ccc(C(C)(C)NC(=O)C2CC[C@H]3[C@@H]4CCC5N(C)C(=O)C=C[C@]5(C)[C@@H]4CC[C@]23C)cc1. The Morgan fingerprint density at radius 1 is 1.06 bits per heavy atom. The first-order valence-electron chi connectivity index (χ1n) is 13.4. The largest absolute Gasteiger partial charge is 0.497 e. The van der Waals surface area contributed by atoms with Crippen molar-refractivity contribution in [1.82, 2.24) is 10.2 Å². The molecule has 5 nitrogen and oxygen atoms in total. The second kappa shape index (κ2) is 8.38. The van der Waals surface area contributed by atoms with Crippen molar-refractivity contribution < 1.29 is 14.3 Å². The fourth-order valence-electron chi connectivity index (χ4n) is 8.64. The lowest BCUT2D eigenvalue weighted by Gasteiger charge is -2.60. The number of likely N-dealkylation sites (N-methyl/N-ethyl adjacent to an activating group) is 1. The highest BCUT2D eigenvalue weighted by molar-refractivity contribution is 5.89. The van der Waals surface area contributed by atoms with Crippen molar-refractivity contribution in [2.45, 2.75) is 77.8 Å². The van der Waals surface area contributed by atoms with E-state index in [-0.39, 0.29) is 28.6 Å². The van der Waals surface area contributed by atoms with Crippen LogP contribution in [-0.2, 0) is 15.1 Å². The minimum Gasteiger partial charge on any atom is -0.497 e. The van der Waals surface area contributed by atoms with Crippen LogP contribution in [0.4, 0.5) is 0 Å². The highest BCUT2D eigenvalue weighted by Gasteiger charge is 2.61. The second-order valence-corrected chi connectivity index (χ2v) is 12.6.